The molecule has 0 radical (unpaired) electrons. The number of hydrogen-bond donors (Lipinski definition) is 1. The van der Waals surface area contributed by atoms with Gasteiger partial charge < -0.3 is 10.1 Å². The predicted molar refractivity (Wildman–Crippen MR) is 83.5 cm³/mol. The SMILES string of the molecule is COCCNC(=O)Cn1c(-c2ccccn2)ccc(C#N)c1=O. The van der Waals surface area contributed by atoms with Gasteiger partial charge in [0.1, 0.15) is 18.2 Å². The highest BCUT2D eigenvalue weighted by atomic mass is 16.5. The van der Waals surface area contributed by atoms with E-state index in [1.165, 1.54) is 17.7 Å². The molecule has 0 saturated carbocycles. The van der Waals surface area contributed by atoms with Crippen molar-refractivity contribution in [3.05, 3.63) is 52.4 Å². The lowest BCUT2D eigenvalue weighted by atomic mass is 10.2. The molecular formula is C16H16N4O3. The molecule has 2 aromatic rings. The number of ether oxygens (including phenoxy) is 1. The Morgan fingerprint density at radius 1 is 1.39 bits per heavy atom. The molecule has 0 spiro atoms. The van der Waals surface area contributed by atoms with Crippen molar-refractivity contribution in [1.29, 1.82) is 5.26 Å². The van der Waals surface area contributed by atoms with Crippen molar-refractivity contribution in [2.24, 2.45) is 0 Å². The number of nitrogens with zero attached hydrogens (tertiary/aromatic N) is 3. The Hall–Kier alpha value is -2.98. The zero-order valence-electron chi connectivity index (χ0n) is 12.7. The summed E-state index contributed by atoms with van der Waals surface area (Å²) in [6, 6.07) is 10.2. The summed E-state index contributed by atoms with van der Waals surface area (Å²) in [5.74, 6) is -0.337. The van der Waals surface area contributed by atoms with Gasteiger partial charge in [0.05, 0.1) is 18.0 Å². The number of nitrogens with one attached hydrogen (secondary N) is 1. The zero-order valence-corrected chi connectivity index (χ0v) is 12.7. The maximum Gasteiger partial charge on any atom is 0.269 e. The molecule has 2 rings (SSSR count). The van der Waals surface area contributed by atoms with E-state index in [2.05, 4.69) is 10.3 Å². The van der Waals surface area contributed by atoms with Crippen LogP contribution in [-0.4, -0.2) is 35.7 Å². The quantitative estimate of drug-likeness (QED) is 0.785. The van der Waals surface area contributed by atoms with Gasteiger partial charge in [0, 0.05) is 19.9 Å². The van der Waals surface area contributed by atoms with Crippen LogP contribution in [0.2, 0.25) is 0 Å². The highest BCUT2D eigenvalue weighted by Gasteiger charge is 2.14. The van der Waals surface area contributed by atoms with Crippen LogP contribution in [0.4, 0.5) is 0 Å². The maximum absolute atomic E-state index is 12.4. The molecule has 0 atom stereocenters. The molecule has 0 aliphatic carbocycles. The highest BCUT2D eigenvalue weighted by Crippen LogP contribution is 2.15. The van der Waals surface area contributed by atoms with Crippen LogP contribution in [0.3, 0.4) is 0 Å². The van der Waals surface area contributed by atoms with Crippen LogP contribution in [0.5, 0.6) is 0 Å². The molecule has 7 nitrogen and oxygen atoms in total. The van der Waals surface area contributed by atoms with Gasteiger partial charge in [0.25, 0.3) is 5.56 Å². The fraction of sp³-hybridized carbons (Fsp3) is 0.250. The monoisotopic (exact) mass is 312 g/mol. The zero-order chi connectivity index (χ0) is 16.7. The molecule has 2 heterocycles. The first-order chi connectivity index (χ1) is 11.2. The minimum Gasteiger partial charge on any atom is -0.383 e. The number of carbonyl (C=O) groups excluding carboxylic acids is 1. The molecule has 1 amide bonds. The van der Waals surface area contributed by atoms with Gasteiger partial charge in [-0.25, -0.2) is 0 Å². The molecule has 0 fully saturated rings. The predicted octanol–water partition coefficient (Wildman–Crippen LogP) is 0.545. The van der Waals surface area contributed by atoms with E-state index >= 15 is 0 Å². The van der Waals surface area contributed by atoms with Gasteiger partial charge in [0.15, 0.2) is 0 Å². The van der Waals surface area contributed by atoms with Crippen molar-refractivity contribution in [3.63, 3.8) is 0 Å². The van der Waals surface area contributed by atoms with E-state index in [9.17, 15) is 9.59 Å². The van der Waals surface area contributed by atoms with Crippen LogP contribution < -0.4 is 10.9 Å². The summed E-state index contributed by atoms with van der Waals surface area (Å²) in [4.78, 5) is 28.6. The molecule has 1 N–H and O–H groups in total. The molecular weight excluding hydrogens is 296 g/mol. The number of amides is 1. The molecule has 0 aromatic carbocycles. The standard InChI is InChI=1S/C16H16N4O3/c1-23-9-8-19-15(21)11-20-14(13-4-2-3-7-18-13)6-5-12(10-17)16(20)22/h2-7H,8-9,11H2,1H3,(H,19,21). The van der Waals surface area contributed by atoms with Gasteiger partial charge in [0.2, 0.25) is 5.91 Å². The number of hydrogen-bond acceptors (Lipinski definition) is 5. The van der Waals surface area contributed by atoms with E-state index in [1.54, 1.807) is 30.5 Å². The second-order valence-corrected chi connectivity index (χ2v) is 4.69. The van der Waals surface area contributed by atoms with Crippen molar-refractivity contribution < 1.29 is 9.53 Å². The first-order valence-corrected chi connectivity index (χ1v) is 6.98. The van der Waals surface area contributed by atoms with E-state index in [4.69, 9.17) is 10.00 Å². The Balaban J connectivity index is 2.37. The smallest absolute Gasteiger partial charge is 0.269 e. The van der Waals surface area contributed by atoms with Crippen molar-refractivity contribution in [3.8, 4) is 17.5 Å². The van der Waals surface area contributed by atoms with Gasteiger partial charge in [-0.2, -0.15) is 5.26 Å². The Morgan fingerprint density at radius 2 is 2.22 bits per heavy atom. The minimum atomic E-state index is -0.516. The van der Waals surface area contributed by atoms with E-state index in [-0.39, 0.29) is 18.0 Å². The third-order valence-electron chi connectivity index (χ3n) is 3.15. The van der Waals surface area contributed by atoms with Crippen molar-refractivity contribution in [2.45, 2.75) is 6.54 Å². The van der Waals surface area contributed by atoms with Crippen molar-refractivity contribution >= 4 is 5.91 Å². The largest absolute Gasteiger partial charge is 0.383 e. The summed E-state index contributed by atoms with van der Waals surface area (Å²) < 4.78 is 6.11. The van der Waals surface area contributed by atoms with Crippen LogP contribution in [0.1, 0.15) is 5.56 Å². The summed E-state index contributed by atoms with van der Waals surface area (Å²) in [6.45, 7) is 0.539. The van der Waals surface area contributed by atoms with E-state index in [0.717, 1.165) is 0 Å². The molecule has 0 aliphatic heterocycles. The highest BCUT2D eigenvalue weighted by molar-refractivity contribution is 5.76. The normalized spacial score (nSPS) is 10.1. The Kier molecular flexibility index (Phi) is 5.61. The second kappa shape index (κ2) is 7.87. The number of aromatic nitrogens is 2. The number of methoxy groups -OCH3 is 1. The molecule has 0 saturated heterocycles. The van der Waals surface area contributed by atoms with Gasteiger partial charge in [-0.05, 0) is 24.3 Å². The molecule has 0 unspecified atom stereocenters. The number of carbonyl (C=O) groups is 1. The molecule has 7 heteroatoms. The minimum absolute atomic E-state index is 0.0191. The summed E-state index contributed by atoms with van der Waals surface area (Å²) in [6.07, 6.45) is 1.60. The average Bonchev–Trinajstić information content (AvgIpc) is 2.57. The number of nitriles is 1. The first-order valence-electron chi connectivity index (χ1n) is 6.98. The van der Waals surface area contributed by atoms with Crippen LogP contribution in [0.15, 0.2) is 41.3 Å². The van der Waals surface area contributed by atoms with Crippen molar-refractivity contribution in [1.82, 2.24) is 14.9 Å². The lowest BCUT2D eigenvalue weighted by molar-refractivity contribution is -0.121. The lowest BCUT2D eigenvalue weighted by Crippen LogP contribution is -2.35. The van der Waals surface area contributed by atoms with Gasteiger partial charge in [-0.15, -0.1) is 0 Å². The number of rotatable bonds is 6. The van der Waals surface area contributed by atoms with E-state index in [0.29, 0.717) is 24.5 Å². The van der Waals surface area contributed by atoms with Crippen LogP contribution in [0.25, 0.3) is 11.4 Å². The number of pyridine rings is 2. The summed E-state index contributed by atoms with van der Waals surface area (Å²) in [5, 5.41) is 11.7. The van der Waals surface area contributed by atoms with Crippen LogP contribution in [-0.2, 0) is 16.1 Å². The average molecular weight is 312 g/mol. The Labute approximate surface area is 133 Å². The van der Waals surface area contributed by atoms with Gasteiger partial charge in [-0.3, -0.25) is 19.1 Å². The van der Waals surface area contributed by atoms with Crippen LogP contribution in [0, 0.1) is 11.3 Å². The first kappa shape index (κ1) is 16.4. The Morgan fingerprint density at radius 3 is 2.87 bits per heavy atom. The van der Waals surface area contributed by atoms with Gasteiger partial charge >= 0.3 is 0 Å². The molecule has 118 valence electrons. The van der Waals surface area contributed by atoms with Gasteiger partial charge in [-0.1, -0.05) is 6.07 Å². The molecule has 0 aliphatic rings. The lowest BCUT2D eigenvalue weighted by Gasteiger charge is -2.13. The fourth-order valence-corrected chi connectivity index (χ4v) is 2.05. The molecule has 23 heavy (non-hydrogen) atoms. The summed E-state index contributed by atoms with van der Waals surface area (Å²) in [7, 11) is 1.53. The maximum atomic E-state index is 12.4. The topological polar surface area (TPSA) is 97.0 Å². The second-order valence-electron chi connectivity index (χ2n) is 4.69. The van der Waals surface area contributed by atoms with Crippen molar-refractivity contribution in [2.75, 3.05) is 20.3 Å². The Bertz CT molecular complexity index is 778. The third kappa shape index (κ3) is 4.02. The molecule has 0 bridgehead atoms. The summed E-state index contributed by atoms with van der Waals surface area (Å²) >= 11 is 0. The van der Waals surface area contributed by atoms with E-state index < -0.39 is 5.56 Å². The summed E-state index contributed by atoms with van der Waals surface area (Å²) in [5.41, 5.74) is 0.502. The molecule has 2 aromatic heterocycles. The van der Waals surface area contributed by atoms with Crippen LogP contribution >= 0.6 is 0 Å². The van der Waals surface area contributed by atoms with E-state index in [1.807, 2.05) is 6.07 Å². The third-order valence-corrected chi connectivity index (χ3v) is 3.15. The fourth-order valence-electron chi connectivity index (χ4n) is 2.05.